The van der Waals surface area contributed by atoms with Crippen LogP contribution in [0.1, 0.15) is 17.2 Å². The normalized spacial score (nSPS) is 12.8. The molecule has 3 aromatic rings. The summed E-state index contributed by atoms with van der Waals surface area (Å²) in [5.74, 6) is 0. The van der Waals surface area contributed by atoms with Crippen molar-refractivity contribution in [3.63, 3.8) is 0 Å². The van der Waals surface area contributed by atoms with Gasteiger partial charge in [0.25, 0.3) is 0 Å². The molecule has 0 aliphatic rings. The van der Waals surface area contributed by atoms with Gasteiger partial charge < -0.3 is 15.1 Å². The topological polar surface area (TPSA) is 68.9 Å². The van der Waals surface area contributed by atoms with Crippen LogP contribution in [0, 0.1) is 0 Å². The molecule has 1 atom stereocenters. The van der Waals surface area contributed by atoms with Crippen LogP contribution in [-0.2, 0) is 0 Å². The van der Waals surface area contributed by atoms with Crippen molar-refractivity contribution in [2.24, 2.45) is 0 Å². The maximum atomic E-state index is 11.2. The number of hydrogen-bond donors (Lipinski definition) is 3. The van der Waals surface area contributed by atoms with E-state index >= 15 is 0 Å². The first-order chi connectivity index (χ1) is 9.54. The van der Waals surface area contributed by atoms with Gasteiger partial charge in [0, 0.05) is 8.95 Å². The van der Waals surface area contributed by atoms with E-state index < -0.39 is 6.10 Å². The molecule has 3 rings (SSSR count). The second-order valence-electron chi connectivity index (χ2n) is 4.45. The van der Waals surface area contributed by atoms with E-state index in [4.69, 9.17) is 0 Å². The lowest BCUT2D eigenvalue weighted by atomic mass is 10.0. The number of fused-ring (bicyclic) bond motifs is 1. The fourth-order valence-corrected chi connectivity index (χ4v) is 3.39. The average molecular weight is 398 g/mol. The first-order valence-corrected chi connectivity index (χ1v) is 7.48. The fourth-order valence-electron chi connectivity index (χ4n) is 2.12. The minimum atomic E-state index is -0.764. The zero-order valence-electron chi connectivity index (χ0n) is 10.2. The van der Waals surface area contributed by atoms with Gasteiger partial charge in [0.1, 0.15) is 6.10 Å². The van der Waals surface area contributed by atoms with Crippen molar-refractivity contribution in [1.29, 1.82) is 0 Å². The number of nitrogens with one attached hydrogen (secondary N) is 2. The summed E-state index contributed by atoms with van der Waals surface area (Å²) in [5.41, 5.74) is 2.64. The fraction of sp³-hybridized carbons (Fsp3) is 0.0714. The first-order valence-electron chi connectivity index (χ1n) is 5.89. The van der Waals surface area contributed by atoms with Crippen LogP contribution in [0.3, 0.4) is 0 Å². The number of H-pyrrole nitrogens is 2. The molecule has 0 aliphatic carbocycles. The summed E-state index contributed by atoms with van der Waals surface area (Å²) in [6.07, 6.45) is -0.764. The zero-order chi connectivity index (χ0) is 14.3. The maximum absolute atomic E-state index is 11.2. The standard InChI is InChI=1S/C14H10Br2N2O2/c15-8-2-3-9(10(16)6-8)13(19)7-1-4-11-12(5-7)18-14(20)17-11/h1-6,13,19H,(H2,17,18,20). The lowest BCUT2D eigenvalue weighted by molar-refractivity contribution is 0.219. The van der Waals surface area contributed by atoms with Gasteiger partial charge in [0.15, 0.2) is 0 Å². The third-order valence-electron chi connectivity index (χ3n) is 3.11. The van der Waals surface area contributed by atoms with E-state index in [9.17, 15) is 9.90 Å². The molecule has 1 unspecified atom stereocenters. The molecule has 1 heterocycles. The van der Waals surface area contributed by atoms with E-state index in [-0.39, 0.29) is 5.69 Å². The highest BCUT2D eigenvalue weighted by Gasteiger charge is 2.14. The highest BCUT2D eigenvalue weighted by atomic mass is 79.9. The highest BCUT2D eigenvalue weighted by molar-refractivity contribution is 9.11. The number of hydrogen-bond acceptors (Lipinski definition) is 2. The Balaban J connectivity index is 2.06. The van der Waals surface area contributed by atoms with Crippen LogP contribution in [0.5, 0.6) is 0 Å². The Hall–Kier alpha value is -1.37. The lowest BCUT2D eigenvalue weighted by Crippen LogP contribution is -2.01. The molecule has 1 aromatic heterocycles. The molecule has 102 valence electrons. The summed E-state index contributed by atoms with van der Waals surface area (Å²) >= 11 is 6.83. The Labute approximate surface area is 131 Å². The number of aliphatic hydroxyl groups excluding tert-OH is 1. The van der Waals surface area contributed by atoms with Crippen LogP contribution in [0.15, 0.2) is 50.1 Å². The van der Waals surface area contributed by atoms with Gasteiger partial charge in [-0.25, -0.2) is 4.79 Å². The van der Waals surface area contributed by atoms with Gasteiger partial charge in [-0.1, -0.05) is 44.0 Å². The van der Waals surface area contributed by atoms with E-state index in [0.29, 0.717) is 5.52 Å². The van der Waals surface area contributed by atoms with Crippen molar-refractivity contribution in [3.05, 3.63) is 67.0 Å². The van der Waals surface area contributed by atoms with Crippen molar-refractivity contribution < 1.29 is 5.11 Å². The predicted molar refractivity (Wildman–Crippen MR) is 84.8 cm³/mol. The summed E-state index contributed by atoms with van der Waals surface area (Å²) in [5, 5.41) is 10.5. The third kappa shape index (κ3) is 2.46. The Morgan fingerprint density at radius 3 is 2.50 bits per heavy atom. The number of aromatic amines is 2. The molecule has 20 heavy (non-hydrogen) atoms. The van der Waals surface area contributed by atoms with E-state index in [0.717, 1.165) is 25.6 Å². The molecule has 0 amide bonds. The van der Waals surface area contributed by atoms with Crippen molar-refractivity contribution in [2.75, 3.05) is 0 Å². The van der Waals surface area contributed by atoms with Gasteiger partial charge in [-0.3, -0.25) is 0 Å². The molecule has 3 N–H and O–H groups in total. The molecule has 0 bridgehead atoms. The largest absolute Gasteiger partial charge is 0.384 e. The van der Waals surface area contributed by atoms with Crippen LogP contribution >= 0.6 is 31.9 Å². The SMILES string of the molecule is O=c1[nH]c2ccc(C(O)c3ccc(Br)cc3Br)cc2[nH]1. The second-order valence-corrected chi connectivity index (χ2v) is 6.22. The number of aromatic nitrogens is 2. The summed E-state index contributed by atoms with van der Waals surface area (Å²) in [7, 11) is 0. The van der Waals surface area contributed by atoms with Crippen molar-refractivity contribution in [3.8, 4) is 0 Å². The Morgan fingerprint density at radius 1 is 1.00 bits per heavy atom. The van der Waals surface area contributed by atoms with Crippen LogP contribution in [0.25, 0.3) is 11.0 Å². The van der Waals surface area contributed by atoms with Gasteiger partial charge >= 0.3 is 5.69 Å². The molecule has 0 fully saturated rings. The quantitative estimate of drug-likeness (QED) is 0.619. The smallest absolute Gasteiger partial charge is 0.323 e. The summed E-state index contributed by atoms with van der Waals surface area (Å²) in [6, 6.07) is 11.0. The molecule has 0 radical (unpaired) electrons. The van der Waals surface area contributed by atoms with E-state index in [2.05, 4.69) is 41.8 Å². The molecule has 2 aromatic carbocycles. The summed E-state index contributed by atoms with van der Waals surface area (Å²) in [6.45, 7) is 0. The van der Waals surface area contributed by atoms with Gasteiger partial charge in [-0.05, 0) is 35.4 Å². The summed E-state index contributed by atoms with van der Waals surface area (Å²) in [4.78, 5) is 16.6. The van der Waals surface area contributed by atoms with Crippen molar-refractivity contribution in [2.45, 2.75) is 6.10 Å². The van der Waals surface area contributed by atoms with Crippen molar-refractivity contribution in [1.82, 2.24) is 9.97 Å². The number of benzene rings is 2. The van der Waals surface area contributed by atoms with Gasteiger partial charge in [0.2, 0.25) is 0 Å². The van der Waals surface area contributed by atoms with Crippen LogP contribution in [0.4, 0.5) is 0 Å². The van der Waals surface area contributed by atoms with Crippen LogP contribution in [-0.4, -0.2) is 15.1 Å². The molecule has 4 nitrogen and oxygen atoms in total. The molecule has 0 aliphatic heterocycles. The molecule has 0 spiro atoms. The molecule has 6 heteroatoms. The maximum Gasteiger partial charge on any atom is 0.323 e. The molecule has 0 saturated heterocycles. The van der Waals surface area contributed by atoms with Crippen molar-refractivity contribution >= 4 is 42.9 Å². The summed E-state index contributed by atoms with van der Waals surface area (Å²) < 4.78 is 1.76. The minimum absolute atomic E-state index is 0.253. The highest BCUT2D eigenvalue weighted by Crippen LogP contribution is 2.31. The predicted octanol–water partition coefficient (Wildman–Crippen LogP) is 3.46. The monoisotopic (exact) mass is 396 g/mol. The van der Waals surface area contributed by atoms with Gasteiger partial charge in [-0.15, -0.1) is 0 Å². The second kappa shape index (κ2) is 5.20. The molecule has 0 saturated carbocycles. The van der Waals surface area contributed by atoms with Crippen LogP contribution in [0.2, 0.25) is 0 Å². The number of aliphatic hydroxyl groups is 1. The minimum Gasteiger partial charge on any atom is -0.384 e. The van der Waals surface area contributed by atoms with E-state index in [1.54, 1.807) is 18.2 Å². The first kappa shape index (κ1) is 13.6. The molecular weight excluding hydrogens is 388 g/mol. The van der Waals surface area contributed by atoms with Gasteiger partial charge in [-0.2, -0.15) is 0 Å². The Bertz CT molecular complexity index is 839. The van der Waals surface area contributed by atoms with Gasteiger partial charge in [0.05, 0.1) is 11.0 Å². The van der Waals surface area contributed by atoms with Crippen LogP contribution < -0.4 is 5.69 Å². The number of halogens is 2. The number of imidazole rings is 1. The van der Waals surface area contributed by atoms with E-state index in [1.807, 2.05) is 18.2 Å². The number of rotatable bonds is 2. The third-order valence-corrected chi connectivity index (χ3v) is 4.29. The molecular formula is C14H10Br2N2O2. The zero-order valence-corrected chi connectivity index (χ0v) is 13.3. The Morgan fingerprint density at radius 2 is 1.75 bits per heavy atom. The average Bonchev–Trinajstić information content (AvgIpc) is 2.77. The lowest BCUT2D eigenvalue weighted by Gasteiger charge is -2.13. The van der Waals surface area contributed by atoms with E-state index in [1.165, 1.54) is 0 Å². The Kier molecular flexibility index (Phi) is 3.54.